The van der Waals surface area contributed by atoms with Gasteiger partial charge in [-0.2, -0.15) is 0 Å². The summed E-state index contributed by atoms with van der Waals surface area (Å²) in [5.74, 6) is 0.217. The lowest BCUT2D eigenvalue weighted by atomic mass is 10.0. The number of aryl methyl sites for hydroxylation is 1. The number of benzene rings is 4. The second kappa shape index (κ2) is 8.63. The Morgan fingerprint density at radius 3 is 2.48 bits per heavy atom. The summed E-state index contributed by atoms with van der Waals surface area (Å²) < 4.78 is 11.3. The first kappa shape index (κ1) is 20.5. The van der Waals surface area contributed by atoms with E-state index in [1.165, 1.54) is 6.07 Å². The normalized spacial score (nSPS) is 10.9. The second-order valence-corrected chi connectivity index (χ2v) is 7.77. The van der Waals surface area contributed by atoms with E-state index in [0.717, 1.165) is 33.0 Å². The third-order valence-electron chi connectivity index (χ3n) is 5.62. The van der Waals surface area contributed by atoms with E-state index in [1.807, 2.05) is 85.8 Å². The first-order chi connectivity index (χ1) is 16.1. The molecule has 0 radical (unpaired) electrons. The van der Waals surface area contributed by atoms with E-state index in [4.69, 9.17) is 9.15 Å². The predicted molar refractivity (Wildman–Crippen MR) is 131 cm³/mol. The molecule has 5 aromatic rings. The lowest BCUT2D eigenvalue weighted by Gasteiger charge is -2.13. The molecule has 4 aromatic carbocycles. The maximum absolute atomic E-state index is 12.6. The van der Waals surface area contributed by atoms with Crippen LogP contribution in [0, 0.1) is 6.92 Å². The van der Waals surface area contributed by atoms with Crippen LogP contribution in [0.25, 0.3) is 32.9 Å². The summed E-state index contributed by atoms with van der Waals surface area (Å²) in [7, 11) is 0. The Hall–Kier alpha value is -4.38. The van der Waals surface area contributed by atoms with Gasteiger partial charge in [0.15, 0.2) is 6.61 Å². The molecule has 0 bridgehead atoms. The molecule has 1 heterocycles. The van der Waals surface area contributed by atoms with Crippen molar-refractivity contribution in [2.45, 2.75) is 6.92 Å². The molecule has 0 aliphatic carbocycles. The maximum Gasteiger partial charge on any atom is 0.336 e. The molecule has 5 rings (SSSR count). The quantitative estimate of drug-likeness (QED) is 0.347. The van der Waals surface area contributed by atoms with E-state index in [9.17, 15) is 9.59 Å². The summed E-state index contributed by atoms with van der Waals surface area (Å²) in [5, 5.41) is 5.74. The average molecular weight is 435 g/mol. The molecule has 5 nitrogen and oxygen atoms in total. The van der Waals surface area contributed by atoms with Crippen LogP contribution in [-0.4, -0.2) is 12.5 Å². The molecule has 0 saturated heterocycles. The van der Waals surface area contributed by atoms with Crippen molar-refractivity contribution in [3.63, 3.8) is 0 Å². The van der Waals surface area contributed by atoms with Gasteiger partial charge >= 0.3 is 5.63 Å². The van der Waals surface area contributed by atoms with Gasteiger partial charge in [0.25, 0.3) is 5.91 Å². The molecule has 0 spiro atoms. The van der Waals surface area contributed by atoms with E-state index >= 15 is 0 Å². The minimum atomic E-state index is -0.435. The van der Waals surface area contributed by atoms with E-state index in [2.05, 4.69) is 5.32 Å². The molecule has 162 valence electrons. The molecule has 1 amide bonds. The molecule has 1 aromatic heterocycles. The number of fused-ring (bicyclic) bond motifs is 2. The first-order valence-corrected chi connectivity index (χ1v) is 10.6. The summed E-state index contributed by atoms with van der Waals surface area (Å²) in [6, 6.07) is 28.4. The Morgan fingerprint density at radius 2 is 1.64 bits per heavy atom. The molecular formula is C28H21NO4. The summed E-state index contributed by atoms with van der Waals surface area (Å²) in [6.07, 6.45) is 0. The number of carbonyl (C=O) groups excluding carboxylic acids is 1. The van der Waals surface area contributed by atoms with Crippen LogP contribution in [0.4, 0.5) is 5.69 Å². The number of carbonyl (C=O) groups is 1. The van der Waals surface area contributed by atoms with Crippen molar-refractivity contribution in [3.05, 3.63) is 107 Å². The van der Waals surface area contributed by atoms with E-state index in [0.29, 0.717) is 16.9 Å². The highest BCUT2D eigenvalue weighted by molar-refractivity contribution is 6.02. The Labute approximate surface area is 190 Å². The van der Waals surface area contributed by atoms with Crippen molar-refractivity contribution in [2.75, 3.05) is 11.9 Å². The van der Waals surface area contributed by atoms with E-state index in [-0.39, 0.29) is 12.5 Å². The van der Waals surface area contributed by atoms with E-state index < -0.39 is 5.63 Å². The molecular weight excluding hydrogens is 414 g/mol. The highest BCUT2D eigenvalue weighted by Gasteiger charge is 2.14. The van der Waals surface area contributed by atoms with Crippen LogP contribution in [0.2, 0.25) is 0 Å². The number of anilines is 1. The first-order valence-electron chi connectivity index (χ1n) is 10.6. The molecule has 0 aliphatic rings. The molecule has 0 saturated carbocycles. The van der Waals surface area contributed by atoms with Crippen LogP contribution in [0.15, 0.2) is 100 Å². The maximum atomic E-state index is 12.6. The van der Waals surface area contributed by atoms with Crippen LogP contribution < -0.4 is 15.7 Å². The third kappa shape index (κ3) is 4.08. The molecule has 1 N–H and O–H groups in total. The van der Waals surface area contributed by atoms with Gasteiger partial charge in [0, 0.05) is 28.1 Å². The fourth-order valence-electron chi connectivity index (χ4n) is 4.02. The topological polar surface area (TPSA) is 68.5 Å². The Kier molecular flexibility index (Phi) is 5.37. The van der Waals surface area contributed by atoms with Crippen molar-refractivity contribution < 1.29 is 13.9 Å². The zero-order chi connectivity index (χ0) is 22.8. The number of hydrogen-bond donors (Lipinski definition) is 1. The Morgan fingerprint density at radius 1 is 0.879 bits per heavy atom. The van der Waals surface area contributed by atoms with Gasteiger partial charge < -0.3 is 14.5 Å². The van der Waals surface area contributed by atoms with Crippen molar-refractivity contribution >= 4 is 33.3 Å². The Balaban J connectivity index is 1.40. The Bertz CT molecular complexity index is 1530. The largest absolute Gasteiger partial charge is 0.483 e. The highest BCUT2D eigenvalue weighted by Crippen LogP contribution is 2.33. The number of nitrogens with one attached hydrogen (secondary N) is 1. The average Bonchev–Trinajstić information content (AvgIpc) is 2.84. The van der Waals surface area contributed by atoms with Gasteiger partial charge in [0.2, 0.25) is 0 Å². The molecule has 0 unspecified atom stereocenters. The lowest BCUT2D eigenvalue weighted by Crippen LogP contribution is -2.20. The van der Waals surface area contributed by atoms with Crippen molar-refractivity contribution in [1.29, 1.82) is 0 Å². The summed E-state index contributed by atoms with van der Waals surface area (Å²) in [4.78, 5) is 24.8. The van der Waals surface area contributed by atoms with Gasteiger partial charge in [0.05, 0.1) is 0 Å². The van der Waals surface area contributed by atoms with Crippen LogP contribution >= 0.6 is 0 Å². The molecule has 0 atom stereocenters. The van der Waals surface area contributed by atoms with Crippen molar-refractivity contribution in [2.24, 2.45) is 0 Å². The minimum Gasteiger partial charge on any atom is -0.483 e. The fraction of sp³-hybridized carbons (Fsp3) is 0.0714. The molecule has 5 heteroatoms. The van der Waals surface area contributed by atoms with Crippen LogP contribution in [0.3, 0.4) is 0 Å². The SMILES string of the molecule is Cc1c(OCC(=O)Nc2cccc3ccccc23)ccc2c(-c3ccccc3)cc(=O)oc12. The van der Waals surface area contributed by atoms with Crippen molar-refractivity contribution in [1.82, 2.24) is 0 Å². The van der Waals surface area contributed by atoms with Gasteiger partial charge in [-0.05, 0) is 41.6 Å². The van der Waals surface area contributed by atoms with Crippen LogP contribution in [0.5, 0.6) is 5.75 Å². The minimum absolute atomic E-state index is 0.168. The predicted octanol–water partition coefficient (Wildman–Crippen LogP) is 5.94. The lowest BCUT2D eigenvalue weighted by molar-refractivity contribution is -0.118. The van der Waals surface area contributed by atoms with Gasteiger partial charge in [-0.25, -0.2) is 4.79 Å². The second-order valence-electron chi connectivity index (χ2n) is 7.77. The van der Waals surface area contributed by atoms with Gasteiger partial charge in [0.1, 0.15) is 11.3 Å². The van der Waals surface area contributed by atoms with Gasteiger partial charge in [-0.3, -0.25) is 4.79 Å². The van der Waals surface area contributed by atoms with Gasteiger partial charge in [-0.1, -0.05) is 66.7 Å². The van der Waals surface area contributed by atoms with E-state index in [1.54, 1.807) is 6.07 Å². The monoisotopic (exact) mass is 435 g/mol. The standard InChI is InChI=1S/C28H21NO4/c1-18-25(32-17-26(30)29-24-13-7-11-19-10-5-6-12-21(19)24)15-14-22-23(16-27(31)33-28(18)22)20-8-3-2-4-9-20/h2-16H,17H2,1H3,(H,29,30). The smallest absolute Gasteiger partial charge is 0.336 e. The van der Waals surface area contributed by atoms with Crippen LogP contribution in [0.1, 0.15) is 5.56 Å². The number of ether oxygens (including phenoxy) is 1. The number of amides is 1. The van der Waals surface area contributed by atoms with Crippen molar-refractivity contribution in [3.8, 4) is 16.9 Å². The van der Waals surface area contributed by atoms with Gasteiger partial charge in [-0.15, -0.1) is 0 Å². The summed E-state index contributed by atoms with van der Waals surface area (Å²) in [6.45, 7) is 1.65. The third-order valence-corrected chi connectivity index (χ3v) is 5.62. The molecule has 0 aliphatic heterocycles. The zero-order valence-electron chi connectivity index (χ0n) is 18.0. The summed E-state index contributed by atoms with van der Waals surface area (Å²) >= 11 is 0. The number of hydrogen-bond acceptors (Lipinski definition) is 4. The summed E-state index contributed by atoms with van der Waals surface area (Å²) in [5.41, 5.74) is 3.14. The molecule has 0 fully saturated rings. The van der Waals surface area contributed by atoms with Crippen LogP contribution in [-0.2, 0) is 4.79 Å². The fourth-order valence-corrected chi connectivity index (χ4v) is 4.02. The zero-order valence-corrected chi connectivity index (χ0v) is 18.0. The number of rotatable bonds is 5. The highest BCUT2D eigenvalue weighted by atomic mass is 16.5. The molecule has 33 heavy (non-hydrogen) atoms.